The summed E-state index contributed by atoms with van der Waals surface area (Å²) in [6.07, 6.45) is 4.26. The summed E-state index contributed by atoms with van der Waals surface area (Å²) < 4.78 is 24.1. The smallest absolute Gasteiger partial charge is 0.445 e. The predicted molar refractivity (Wildman–Crippen MR) is 182 cm³/mol. The summed E-state index contributed by atoms with van der Waals surface area (Å²) >= 11 is 0. The molecule has 2 saturated heterocycles. The summed E-state index contributed by atoms with van der Waals surface area (Å²) in [5.74, 6) is 0.100. The van der Waals surface area contributed by atoms with Crippen molar-refractivity contribution in [2.75, 3.05) is 20.3 Å². The van der Waals surface area contributed by atoms with E-state index in [0.29, 0.717) is 44.2 Å². The van der Waals surface area contributed by atoms with E-state index in [1.165, 1.54) is 0 Å². The topological polar surface area (TPSA) is 115 Å². The number of rotatable bonds is 13. The molecule has 48 heavy (non-hydrogen) atoms. The number of likely N-dealkylation sites (tertiary alicyclic amines) is 1. The number of amides is 3. The molecule has 0 radical (unpaired) electrons. The van der Waals surface area contributed by atoms with Crippen LogP contribution in [-0.2, 0) is 41.4 Å². The van der Waals surface area contributed by atoms with E-state index in [1.807, 2.05) is 60.7 Å². The van der Waals surface area contributed by atoms with Crippen LogP contribution in [0, 0.1) is 17.3 Å². The van der Waals surface area contributed by atoms with E-state index in [2.05, 4.69) is 31.4 Å². The van der Waals surface area contributed by atoms with Crippen LogP contribution in [0.4, 0.5) is 4.79 Å². The van der Waals surface area contributed by atoms with Crippen molar-refractivity contribution in [1.29, 1.82) is 0 Å². The van der Waals surface area contributed by atoms with Crippen molar-refractivity contribution in [2.45, 2.75) is 102 Å². The Bertz CT molecular complexity index is 1430. The van der Waals surface area contributed by atoms with Gasteiger partial charge in [0.1, 0.15) is 18.7 Å². The van der Waals surface area contributed by atoms with Crippen molar-refractivity contribution in [2.24, 2.45) is 17.3 Å². The fourth-order valence-electron chi connectivity index (χ4n) is 8.53. The number of alkyl carbamates (subject to hydrolysis) is 1. The minimum atomic E-state index is -0.902. The number of nitrogens with one attached hydrogen (secondary N) is 2. The summed E-state index contributed by atoms with van der Waals surface area (Å²) in [6.45, 7) is 7.90. The first kappa shape index (κ1) is 34.5. The zero-order valence-corrected chi connectivity index (χ0v) is 28.7. The maximum Gasteiger partial charge on any atom is 0.481 e. The molecule has 258 valence electrons. The molecule has 0 aromatic heterocycles. The van der Waals surface area contributed by atoms with Gasteiger partial charge < -0.3 is 34.3 Å². The Labute approximate surface area is 284 Å². The molecule has 10 nitrogen and oxygen atoms in total. The van der Waals surface area contributed by atoms with E-state index in [1.54, 1.807) is 12.0 Å². The third-order valence-corrected chi connectivity index (χ3v) is 11.4. The molecule has 3 amide bonds. The highest BCUT2D eigenvalue weighted by Crippen LogP contribution is 2.65. The molecule has 2 bridgehead atoms. The Morgan fingerprint density at radius 2 is 1.71 bits per heavy atom. The molecule has 0 spiro atoms. The first-order valence-corrected chi connectivity index (χ1v) is 17.5. The highest BCUT2D eigenvalue weighted by atomic mass is 16.7. The van der Waals surface area contributed by atoms with Crippen LogP contribution in [-0.4, -0.2) is 79.9 Å². The van der Waals surface area contributed by atoms with Crippen LogP contribution in [0.1, 0.15) is 70.4 Å². The van der Waals surface area contributed by atoms with Gasteiger partial charge >= 0.3 is 13.2 Å². The van der Waals surface area contributed by atoms with Gasteiger partial charge in [0.15, 0.2) is 0 Å². The third-order valence-electron chi connectivity index (χ3n) is 11.4. The van der Waals surface area contributed by atoms with Crippen molar-refractivity contribution in [1.82, 2.24) is 15.5 Å². The van der Waals surface area contributed by atoms with Crippen LogP contribution in [0.3, 0.4) is 0 Å². The highest BCUT2D eigenvalue weighted by molar-refractivity contribution is 6.47. The molecule has 5 fully saturated rings. The summed E-state index contributed by atoms with van der Waals surface area (Å²) in [7, 11) is 1.09. The van der Waals surface area contributed by atoms with Crippen molar-refractivity contribution in [3.8, 4) is 0 Å². The average molecular weight is 660 g/mol. The average Bonchev–Trinajstić information content (AvgIpc) is 3.72. The van der Waals surface area contributed by atoms with E-state index < -0.39 is 30.9 Å². The zero-order chi connectivity index (χ0) is 33.9. The van der Waals surface area contributed by atoms with Crippen molar-refractivity contribution >= 4 is 25.0 Å². The van der Waals surface area contributed by atoms with E-state index in [-0.39, 0.29) is 42.3 Å². The van der Waals surface area contributed by atoms with Gasteiger partial charge in [0.25, 0.3) is 0 Å². The number of hydrogen-bond acceptors (Lipinski definition) is 7. The van der Waals surface area contributed by atoms with Gasteiger partial charge in [0.2, 0.25) is 11.8 Å². The van der Waals surface area contributed by atoms with Gasteiger partial charge in [-0.2, -0.15) is 0 Å². The molecule has 7 atom stereocenters. The second-order valence-electron chi connectivity index (χ2n) is 14.7. The fraction of sp³-hybridized carbons (Fsp3) is 0.595. The van der Waals surface area contributed by atoms with Gasteiger partial charge in [0.05, 0.1) is 17.6 Å². The molecule has 5 aliphatic rings. The van der Waals surface area contributed by atoms with Crippen LogP contribution < -0.4 is 10.6 Å². The predicted octanol–water partition coefficient (Wildman–Crippen LogP) is 4.69. The Kier molecular flexibility index (Phi) is 10.5. The van der Waals surface area contributed by atoms with Gasteiger partial charge in [-0.05, 0) is 73.8 Å². The lowest BCUT2D eigenvalue weighted by atomic mass is 9.43. The lowest BCUT2D eigenvalue weighted by Crippen LogP contribution is -2.65. The monoisotopic (exact) mass is 659 g/mol. The van der Waals surface area contributed by atoms with E-state index in [4.69, 9.17) is 18.8 Å². The number of nitrogens with zero attached hydrogens (tertiary/aromatic N) is 1. The molecule has 2 aromatic carbocycles. The highest BCUT2D eigenvalue weighted by Gasteiger charge is 2.68. The Morgan fingerprint density at radius 1 is 1.00 bits per heavy atom. The molecule has 3 saturated carbocycles. The SMILES string of the molecule is COCCC[C@H](NC(=O)[C@@H]1CCCN1C(=O)[C@@H](Cc1ccccc1)NC(=O)OCc1ccccc1)B1O[C@@H]2C[C@@H]3C[C@@H](C3(C)C)[C@]2(C)O1. The van der Waals surface area contributed by atoms with Crippen LogP contribution in [0.15, 0.2) is 60.7 Å². The molecule has 11 heteroatoms. The zero-order valence-electron chi connectivity index (χ0n) is 28.7. The number of benzene rings is 2. The van der Waals surface area contributed by atoms with Gasteiger partial charge in [-0.15, -0.1) is 0 Å². The van der Waals surface area contributed by atoms with Crippen LogP contribution in [0.25, 0.3) is 0 Å². The number of carbonyl (C=O) groups excluding carboxylic acids is 3. The molecule has 7 rings (SSSR count). The number of hydrogen-bond donors (Lipinski definition) is 2. The lowest BCUT2D eigenvalue weighted by Gasteiger charge is -2.64. The van der Waals surface area contributed by atoms with Crippen molar-refractivity contribution in [3.05, 3.63) is 71.8 Å². The lowest BCUT2D eigenvalue weighted by molar-refractivity contribution is -0.199. The standard InChI is InChI=1S/C37H50BN3O7/c1-36(2)27-22-30(36)37(3)31(23-27)47-38(48-37)32(18-12-20-45-4)40-33(42)29-17-11-19-41(29)34(43)28(21-25-13-7-5-8-14-25)39-35(44)46-24-26-15-9-6-10-16-26/h5-10,13-16,27-32H,11-12,17-24H2,1-4H3,(H,39,44)(H,40,42)/t27-,28+,29-,30-,31+,32-,37-/m0/s1. The molecular weight excluding hydrogens is 609 g/mol. The van der Waals surface area contributed by atoms with Gasteiger partial charge in [0, 0.05) is 26.7 Å². The number of ether oxygens (including phenoxy) is 2. The molecule has 3 aliphatic carbocycles. The number of methoxy groups -OCH3 is 1. The fourth-order valence-corrected chi connectivity index (χ4v) is 8.53. The number of carbonyl (C=O) groups is 3. The van der Waals surface area contributed by atoms with Crippen LogP contribution in [0.5, 0.6) is 0 Å². The first-order valence-electron chi connectivity index (χ1n) is 17.5. The quantitative estimate of drug-likeness (QED) is 0.237. The van der Waals surface area contributed by atoms with Gasteiger partial charge in [-0.25, -0.2) is 4.79 Å². The molecule has 2 aliphatic heterocycles. The summed E-state index contributed by atoms with van der Waals surface area (Å²) in [6, 6.07) is 17.3. The largest absolute Gasteiger partial charge is 0.481 e. The molecule has 2 aromatic rings. The molecular formula is C37H50BN3O7. The van der Waals surface area contributed by atoms with Crippen molar-refractivity contribution < 1.29 is 33.2 Å². The van der Waals surface area contributed by atoms with Gasteiger partial charge in [-0.3, -0.25) is 9.59 Å². The third kappa shape index (κ3) is 7.14. The van der Waals surface area contributed by atoms with E-state index >= 15 is 0 Å². The summed E-state index contributed by atoms with van der Waals surface area (Å²) in [5, 5.41) is 6.04. The Morgan fingerprint density at radius 3 is 2.40 bits per heavy atom. The molecule has 2 N–H and O–H groups in total. The van der Waals surface area contributed by atoms with Crippen LogP contribution >= 0.6 is 0 Å². The molecule has 2 heterocycles. The van der Waals surface area contributed by atoms with Crippen molar-refractivity contribution in [3.63, 3.8) is 0 Å². The minimum absolute atomic E-state index is 0.00266. The maximum atomic E-state index is 14.2. The molecule has 0 unspecified atom stereocenters. The summed E-state index contributed by atoms with van der Waals surface area (Å²) in [5.41, 5.74) is 1.55. The van der Waals surface area contributed by atoms with E-state index in [9.17, 15) is 14.4 Å². The van der Waals surface area contributed by atoms with Crippen LogP contribution in [0.2, 0.25) is 0 Å². The second-order valence-corrected chi connectivity index (χ2v) is 14.7. The normalized spacial score (nSPS) is 28.2. The minimum Gasteiger partial charge on any atom is -0.445 e. The Balaban J connectivity index is 1.14. The summed E-state index contributed by atoms with van der Waals surface area (Å²) in [4.78, 5) is 42.7. The first-order chi connectivity index (χ1) is 23.1. The second kappa shape index (κ2) is 14.6. The van der Waals surface area contributed by atoms with E-state index in [0.717, 1.165) is 30.4 Å². The Hall–Kier alpha value is -3.41. The van der Waals surface area contributed by atoms with Gasteiger partial charge in [-0.1, -0.05) is 74.5 Å². The maximum absolute atomic E-state index is 14.2.